The number of hydrogen-bond acceptors (Lipinski definition) is 5. The first-order chi connectivity index (χ1) is 14.2. The molecule has 1 amide bonds. The van der Waals surface area contributed by atoms with Crippen molar-refractivity contribution in [3.8, 4) is 0 Å². The number of carbonyl (C=O) groups is 1. The Labute approximate surface area is 172 Å². The summed E-state index contributed by atoms with van der Waals surface area (Å²) in [5.41, 5.74) is 0.571. The van der Waals surface area contributed by atoms with Crippen LogP contribution in [0.4, 0.5) is 19.1 Å². The average molecular weight is 423 g/mol. The van der Waals surface area contributed by atoms with E-state index in [9.17, 15) is 18.0 Å². The van der Waals surface area contributed by atoms with Gasteiger partial charge in [-0.25, -0.2) is 9.97 Å². The molecule has 0 aliphatic rings. The third kappa shape index (κ3) is 6.90. The quantitative estimate of drug-likeness (QED) is 0.358. The molecule has 3 N–H and O–H groups in total. The zero-order valence-corrected chi connectivity index (χ0v) is 16.9. The van der Waals surface area contributed by atoms with Gasteiger partial charge in [0.2, 0.25) is 5.95 Å². The summed E-state index contributed by atoms with van der Waals surface area (Å²) in [6.07, 6.45) is -3.45. The minimum Gasteiger partial charge on any atom is -0.355 e. The fraction of sp³-hybridized carbons (Fsp3) is 0.368. The Morgan fingerprint density at radius 2 is 1.80 bits per heavy atom. The molecule has 0 fully saturated rings. The Hall–Kier alpha value is -3.37. The molecule has 2 rings (SSSR count). The van der Waals surface area contributed by atoms with Gasteiger partial charge in [0.05, 0.1) is 0 Å². The van der Waals surface area contributed by atoms with Gasteiger partial charge < -0.3 is 20.9 Å². The molecule has 0 unspecified atom stereocenters. The minimum absolute atomic E-state index is 0.0655. The van der Waals surface area contributed by atoms with Crippen molar-refractivity contribution in [2.75, 3.05) is 39.5 Å². The SMILES string of the molecule is CN=C(NCCNc1nccc(C(F)(F)F)n1)NCc1ccc(C(=O)N(C)C)cc1. The lowest BCUT2D eigenvalue weighted by Crippen LogP contribution is -2.39. The third-order valence-corrected chi connectivity index (χ3v) is 3.94. The Bertz CT molecular complexity index is 867. The van der Waals surface area contributed by atoms with Gasteiger partial charge in [0, 0.05) is 52.5 Å². The Kier molecular flexibility index (Phi) is 7.96. The molecule has 11 heteroatoms. The maximum absolute atomic E-state index is 12.7. The number of guanidine groups is 1. The van der Waals surface area contributed by atoms with Crippen LogP contribution in [0.2, 0.25) is 0 Å². The van der Waals surface area contributed by atoms with Crippen LogP contribution in [0.15, 0.2) is 41.5 Å². The molecule has 30 heavy (non-hydrogen) atoms. The number of rotatable bonds is 7. The molecule has 0 atom stereocenters. The fourth-order valence-corrected chi connectivity index (χ4v) is 2.39. The molecular formula is C19H24F3N7O. The molecule has 1 heterocycles. The summed E-state index contributed by atoms with van der Waals surface area (Å²) in [4.78, 5) is 24.7. The molecule has 1 aromatic carbocycles. The van der Waals surface area contributed by atoms with Crippen molar-refractivity contribution in [1.82, 2.24) is 25.5 Å². The van der Waals surface area contributed by atoms with E-state index in [1.165, 1.54) is 4.90 Å². The zero-order chi connectivity index (χ0) is 22.1. The lowest BCUT2D eigenvalue weighted by Gasteiger charge is -2.13. The number of nitrogens with one attached hydrogen (secondary N) is 3. The Balaban J connectivity index is 1.77. The number of halogens is 3. The molecule has 162 valence electrons. The van der Waals surface area contributed by atoms with E-state index in [1.807, 2.05) is 12.1 Å². The number of carbonyl (C=O) groups excluding carboxylic acids is 1. The molecule has 0 radical (unpaired) electrons. The van der Waals surface area contributed by atoms with E-state index in [4.69, 9.17) is 0 Å². The Morgan fingerprint density at radius 3 is 2.40 bits per heavy atom. The lowest BCUT2D eigenvalue weighted by molar-refractivity contribution is -0.141. The van der Waals surface area contributed by atoms with Crippen LogP contribution in [0.1, 0.15) is 21.6 Å². The van der Waals surface area contributed by atoms with Crippen molar-refractivity contribution < 1.29 is 18.0 Å². The first-order valence-electron chi connectivity index (χ1n) is 9.10. The van der Waals surface area contributed by atoms with E-state index < -0.39 is 11.9 Å². The smallest absolute Gasteiger partial charge is 0.355 e. The predicted molar refractivity (Wildman–Crippen MR) is 108 cm³/mol. The molecule has 0 saturated carbocycles. The van der Waals surface area contributed by atoms with Crippen molar-refractivity contribution in [3.05, 3.63) is 53.3 Å². The van der Waals surface area contributed by atoms with Crippen molar-refractivity contribution in [1.29, 1.82) is 0 Å². The number of amides is 1. The van der Waals surface area contributed by atoms with E-state index >= 15 is 0 Å². The summed E-state index contributed by atoms with van der Waals surface area (Å²) in [5, 5.41) is 8.89. The Morgan fingerprint density at radius 1 is 1.10 bits per heavy atom. The van der Waals surface area contributed by atoms with Crippen molar-refractivity contribution in [2.45, 2.75) is 12.7 Å². The maximum atomic E-state index is 12.7. The van der Waals surface area contributed by atoms with Gasteiger partial charge >= 0.3 is 6.18 Å². The van der Waals surface area contributed by atoms with Crippen LogP contribution in [-0.2, 0) is 12.7 Å². The molecule has 0 bridgehead atoms. The first kappa shape index (κ1) is 22.9. The van der Waals surface area contributed by atoms with Crippen molar-refractivity contribution in [3.63, 3.8) is 0 Å². The van der Waals surface area contributed by atoms with Gasteiger partial charge in [-0.05, 0) is 23.8 Å². The highest BCUT2D eigenvalue weighted by molar-refractivity contribution is 5.93. The number of benzene rings is 1. The summed E-state index contributed by atoms with van der Waals surface area (Å²) < 4.78 is 38.0. The molecular weight excluding hydrogens is 399 g/mol. The second kappa shape index (κ2) is 10.4. The van der Waals surface area contributed by atoms with E-state index in [2.05, 4.69) is 30.9 Å². The van der Waals surface area contributed by atoms with E-state index in [0.29, 0.717) is 31.2 Å². The standard InChI is InChI=1S/C19H24F3N7O/c1-23-17(27-12-13-4-6-14(7-5-13)16(30)29(2)3)25-10-11-26-18-24-9-8-15(28-18)19(20,21)22/h4-9H,10-12H2,1-3H3,(H2,23,25,27)(H,24,26,28). The van der Waals surface area contributed by atoms with Crippen LogP contribution in [-0.4, -0.2) is 61.0 Å². The molecule has 0 saturated heterocycles. The summed E-state index contributed by atoms with van der Waals surface area (Å²) in [6.45, 7) is 1.17. The number of nitrogens with zero attached hydrogens (tertiary/aromatic N) is 4. The van der Waals surface area contributed by atoms with Crippen LogP contribution < -0.4 is 16.0 Å². The number of anilines is 1. The third-order valence-electron chi connectivity index (χ3n) is 3.94. The van der Waals surface area contributed by atoms with Gasteiger partial charge in [0.15, 0.2) is 5.96 Å². The number of aliphatic imine (C=N–C) groups is 1. The van der Waals surface area contributed by atoms with Crippen molar-refractivity contribution in [2.24, 2.45) is 4.99 Å². The maximum Gasteiger partial charge on any atom is 0.433 e. The molecule has 8 nitrogen and oxygen atoms in total. The molecule has 0 aliphatic carbocycles. The van der Waals surface area contributed by atoms with Crippen LogP contribution >= 0.6 is 0 Å². The average Bonchev–Trinajstić information content (AvgIpc) is 2.72. The van der Waals surface area contributed by atoms with Gasteiger partial charge in [0.1, 0.15) is 5.69 Å². The van der Waals surface area contributed by atoms with E-state index in [-0.39, 0.29) is 11.9 Å². The highest BCUT2D eigenvalue weighted by Crippen LogP contribution is 2.27. The second-order valence-electron chi connectivity index (χ2n) is 6.44. The zero-order valence-electron chi connectivity index (χ0n) is 16.9. The highest BCUT2D eigenvalue weighted by Gasteiger charge is 2.32. The van der Waals surface area contributed by atoms with Gasteiger partial charge in [-0.1, -0.05) is 12.1 Å². The molecule has 0 spiro atoms. The topological polar surface area (TPSA) is 94.5 Å². The first-order valence-corrected chi connectivity index (χ1v) is 9.10. The minimum atomic E-state index is -4.51. The monoisotopic (exact) mass is 423 g/mol. The summed E-state index contributed by atoms with van der Waals surface area (Å²) in [6, 6.07) is 8.04. The van der Waals surface area contributed by atoms with Crippen LogP contribution in [0.25, 0.3) is 0 Å². The molecule has 2 aromatic rings. The highest BCUT2D eigenvalue weighted by atomic mass is 19.4. The summed E-state index contributed by atoms with van der Waals surface area (Å²) in [7, 11) is 5.00. The normalized spacial score (nSPS) is 11.7. The van der Waals surface area contributed by atoms with Crippen LogP contribution in [0.5, 0.6) is 0 Å². The largest absolute Gasteiger partial charge is 0.433 e. The second-order valence-corrected chi connectivity index (χ2v) is 6.44. The molecule has 0 aliphatic heterocycles. The van der Waals surface area contributed by atoms with Crippen molar-refractivity contribution >= 4 is 17.8 Å². The van der Waals surface area contributed by atoms with Gasteiger partial charge in [-0.3, -0.25) is 9.79 Å². The van der Waals surface area contributed by atoms with E-state index in [1.54, 1.807) is 33.3 Å². The number of alkyl halides is 3. The number of aromatic nitrogens is 2. The molecule has 1 aromatic heterocycles. The van der Waals surface area contributed by atoms with Crippen LogP contribution in [0, 0.1) is 0 Å². The summed E-state index contributed by atoms with van der Waals surface area (Å²) in [5.74, 6) is 0.362. The summed E-state index contributed by atoms with van der Waals surface area (Å²) >= 11 is 0. The lowest BCUT2D eigenvalue weighted by atomic mass is 10.1. The van der Waals surface area contributed by atoms with Gasteiger partial charge in [-0.2, -0.15) is 13.2 Å². The van der Waals surface area contributed by atoms with Crippen LogP contribution in [0.3, 0.4) is 0 Å². The van der Waals surface area contributed by atoms with Gasteiger partial charge in [-0.15, -0.1) is 0 Å². The predicted octanol–water partition coefficient (Wildman–Crippen LogP) is 1.97. The van der Waals surface area contributed by atoms with E-state index in [0.717, 1.165) is 17.8 Å². The fourth-order valence-electron chi connectivity index (χ4n) is 2.39. The number of hydrogen-bond donors (Lipinski definition) is 3. The van der Waals surface area contributed by atoms with Gasteiger partial charge in [0.25, 0.3) is 5.91 Å².